The Labute approximate surface area is 83.7 Å². The van der Waals surface area contributed by atoms with Gasteiger partial charge in [-0.05, 0) is 12.1 Å². The Bertz CT molecular complexity index is 280. The van der Waals surface area contributed by atoms with Crippen LogP contribution in [0.3, 0.4) is 0 Å². The van der Waals surface area contributed by atoms with E-state index in [-0.39, 0.29) is 0 Å². The highest BCUT2D eigenvalue weighted by atomic mass is 79.9. The average molecular weight is 251 g/mol. The first kappa shape index (κ1) is 8.97. The molecule has 0 spiro atoms. The third kappa shape index (κ3) is 1.92. The van der Waals surface area contributed by atoms with E-state index in [2.05, 4.69) is 15.9 Å². The van der Waals surface area contributed by atoms with Gasteiger partial charge in [0.15, 0.2) is 0 Å². The normalized spacial score (nSPS) is 9.64. The van der Waals surface area contributed by atoms with Crippen molar-refractivity contribution in [3.8, 4) is 0 Å². The van der Waals surface area contributed by atoms with Crippen molar-refractivity contribution in [3.63, 3.8) is 0 Å². The van der Waals surface area contributed by atoms with E-state index < -0.39 is 0 Å². The van der Waals surface area contributed by atoms with Gasteiger partial charge >= 0.3 is 0 Å². The molecule has 0 radical (unpaired) electrons. The van der Waals surface area contributed by atoms with E-state index in [1.54, 1.807) is 6.07 Å². The first-order valence-electron chi connectivity index (χ1n) is 2.86. The van der Waals surface area contributed by atoms with Crippen LogP contribution in [0.1, 0.15) is 5.56 Å². The second-order valence-corrected chi connectivity index (χ2v) is 3.66. The van der Waals surface area contributed by atoms with Gasteiger partial charge in [0.2, 0.25) is 0 Å². The lowest BCUT2D eigenvalue weighted by Crippen LogP contribution is -2.10. The predicted molar refractivity (Wildman–Crippen MR) is 55.0 cm³/mol. The monoisotopic (exact) mass is 249 g/mol. The minimum atomic E-state index is 0.308. The molecular formula is C7H5BrClNS. The van der Waals surface area contributed by atoms with Gasteiger partial charge in [0.25, 0.3) is 0 Å². The van der Waals surface area contributed by atoms with Gasteiger partial charge in [-0.2, -0.15) is 0 Å². The van der Waals surface area contributed by atoms with Gasteiger partial charge in [0.05, 0.1) is 5.02 Å². The van der Waals surface area contributed by atoms with Gasteiger partial charge in [-0.3, -0.25) is 0 Å². The van der Waals surface area contributed by atoms with Crippen molar-refractivity contribution in [2.45, 2.75) is 0 Å². The summed E-state index contributed by atoms with van der Waals surface area (Å²) in [5, 5.41) is 0.576. The molecule has 0 aromatic heterocycles. The van der Waals surface area contributed by atoms with Gasteiger partial charge in [-0.1, -0.05) is 45.8 Å². The van der Waals surface area contributed by atoms with Crippen LogP contribution in [0.15, 0.2) is 22.7 Å². The van der Waals surface area contributed by atoms with Crippen LogP contribution in [-0.4, -0.2) is 4.99 Å². The molecule has 0 unspecified atom stereocenters. The first-order valence-corrected chi connectivity index (χ1v) is 4.44. The zero-order chi connectivity index (χ0) is 8.43. The Morgan fingerprint density at radius 2 is 2.18 bits per heavy atom. The summed E-state index contributed by atoms with van der Waals surface area (Å²) in [5.74, 6) is 0. The molecule has 0 aliphatic carbocycles. The molecule has 0 aliphatic rings. The number of thiocarbonyl (C=S) groups is 1. The third-order valence-electron chi connectivity index (χ3n) is 1.21. The average Bonchev–Trinajstić information content (AvgIpc) is 1.85. The van der Waals surface area contributed by atoms with Gasteiger partial charge in [0, 0.05) is 10.0 Å². The Morgan fingerprint density at radius 1 is 1.55 bits per heavy atom. The van der Waals surface area contributed by atoms with Gasteiger partial charge in [0.1, 0.15) is 4.99 Å². The molecule has 0 atom stereocenters. The van der Waals surface area contributed by atoms with Crippen LogP contribution in [0.25, 0.3) is 0 Å². The first-order chi connectivity index (χ1) is 5.13. The Hall–Kier alpha value is -0.120. The molecule has 11 heavy (non-hydrogen) atoms. The lowest BCUT2D eigenvalue weighted by Gasteiger charge is -2.02. The van der Waals surface area contributed by atoms with E-state index in [1.807, 2.05) is 12.1 Å². The van der Waals surface area contributed by atoms with Crippen molar-refractivity contribution >= 4 is 44.7 Å². The molecule has 1 aromatic carbocycles. The van der Waals surface area contributed by atoms with Crippen LogP contribution in [0.2, 0.25) is 5.02 Å². The van der Waals surface area contributed by atoms with E-state index in [9.17, 15) is 0 Å². The predicted octanol–water partition coefficient (Wildman–Crippen LogP) is 2.74. The maximum atomic E-state index is 5.83. The van der Waals surface area contributed by atoms with E-state index >= 15 is 0 Å². The van der Waals surface area contributed by atoms with Crippen LogP contribution in [0.5, 0.6) is 0 Å². The summed E-state index contributed by atoms with van der Waals surface area (Å²) in [7, 11) is 0. The number of hydrogen-bond acceptors (Lipinski definition) is 1. The van der Waals surface area contributed by atoms with Crippen molar-refractivity contribution in [1.29, 1.82) is 0 Å². The quantitative estimate of drug-likeness (QED) is 0.776. The van der Waals surface area contributed by atoms with E-state index in [0.29, 0.717) is 15.6 Å². The van der Waals surface area contributed by atoms with Crippen molar-refractivity contribution in [2.75, 3.05) is 0 Å². The number of rotatable bonds is 1. The fourth-order valence-electron chi connectivity index (χ4n) is 0.733. The molecule has 0 saturated heterocycles. The third-order valence-corrected chi connectivity index (χ3v) is 2.39. The summed E-state index contributed by atoms with van der Waals surface area (Å²) in [5.41, 5.74) is 6.13. The highest BCUT2D eigenvalue weighted by molar-refractivity contribution is 9.10. The molecule has 0 saturated carbocycles. The number of hydrogen-bond donors (Lipinski definition) is 1. The standard InChI is InChI=1S/C7H5BrClNS/c8-4-2-1-3-5(9)6(4)7(10)11/h1-3H,(H2,10,11). The van der Waals surface area contributed by atoms with Crippen molar-refractivity contribution in [3.05, 3.63) is 33.3 Å². The zero-order valence-electron chi connectivity index (χ0n) is 5.47. The number of halogens is 2. The van der Waals surface area contributed by atoms with Gasteiger partial charge < -0.3 is 5.73 Å². The van der Waals surface area contributed by atoms with E-state index in [0.717, 1.165) is 4.47 Å². The van der Waals surface area contributed by atoms with Gasteiger partial charge in [-0.15, -0.1) is 0 Å². The number of benzene rings is 1. The highest BCUT2D eigenvalue weighted by Gasteiger charge is 2.05. The van der Waals surface area contributed by atoms with E-state index in [4.69, 9.17) is 29.6 Å². The Morgan fingerprint density at radius 3 is 2.55 bits per heavy atom. The van der Waals surface area contributed by atoms with Crippen molar-refractivity contribution in [1.82, 2.24) is 0 Å². The molecule has 0 aliphatic heterocycles. The van der Waals surface area contributed by atoms with Crippen LogP contribution in [0, 0.1) is 0 Å². The summed E-state index contributed by atoms with van der Waals surface area (Å²) in [6.07, 6.45) is 0. The minimum Gasteiger partial charge on any atom is -0.389 e. The second kappa shape index (κ2) is 3.52. The molecule has 1 nitrogen and oxygen atoms in total. The summed E-state index contributed by atoms with van der Waals surface area (Å²) < 4.78 is 0.831. The highest BCUT2D eigenvalue weighted by Crippen LogP contribution is 2.23. The van der Waals surface area contributed by atoms with Crippen LogP contribution < -0.4 is 5.73 Å². The van der Waals surface area contributed by atoms with E-state index in [1.165, 1.54) is 0 Å². The maximum absolute atomic E-state index is 5.83. The molecular weight excluding hydrogens is 246 g/mol. The molecule has 0 fully saturated rings. The Balaban J connectivity index is 3.32. The maximum Gasteiger partial charge on any atom is 0.106 e. The van der Waals surface area contributed by atoms with Crippen molar-refractivity contribution < 1.29 is 0 Å². The fraction of sp³-hybridized carbons (Fsp3) is 0. The molecule has 0 heterocycles. The molecule has 1 rings (SSSR count). The Kier molecular flexibility index (Phi) is 2.87. The van der Waals surface area contributed by atoms with Gasteiger partial charge in [-0.25, -0.2) is 0 Å². The topological polar surface area (TPSA) is 26.0 Å². The van der Waals surface area contributed by atoms with Crippen LogP contribution in [-0.2, 0) is 0 Å². The fourth-order valence-corrected chi connectivity index (χ4v) is 2.11. The summed E-state index contributed by atoms with van der Waals surface area (Å²) in [6.45, 7) is 0. The largest absolute Gasteiger partial charge is 0.389 e. The minimum absolute atomic E-state index is 0.308. The van der Waals surface area contributed by atoms with Crippen LogP contribution in [0.4, 0.5) is 0 Å². The smallest absolute Gasteiger partial charge is 0.106 e. The lowest BCUT2D eigenvalue weighted by molar-refractivity contribution is 1.57. The molecule has 4 heteroatoms. The molecule has 1 aromatic rings. The number of nitrogens with two attached hydrogens (primary N) is 1. The summed E-state index contributed by atoms with van der Waals surface area (Å²) in [4.78, 5) is 0.308. The molecule has 2 N–H and O–H groups in total. The summed E-state index contributed by atoms with van der Waals surface area (Å²) in [6, 6.07) is 5.43. The molecule has 0 bridgehead atoms. The molecule has 0 amide bonds. The zero-order valence-corrected chi connectivity index (χ0v) is 8.63. The summed E-state index contributed by atoms with van der Waals surface area (Å²) >= 11 is 13.9. The molecule has 58 valence electrons. The van der Waals surface area contributed by atoms with Crippen molar-refractivity contribution in [2.24, 2.45) is 5.73 Å². The second-order valence-electron chi connectivity index (χ2n) is 1.96. The van der Waals surface area contributed by atoms with Crippen LogP contribution >= 0.6 is 39.7 Å². The lowest BCUT2D eigenvalue weighted by atomic mass is 10.2. The SMILES string of the molecule is NC(=S)c1c(Cl)cccc1Br.